The molecule has 0 saturated heterocycles. The molecule has 5 aromatic carbocycles. The molecule has 0 aromatic heterocycles. The van der Waals surface area contributed by atoms with E-state index in [9.17, 15) is 9.59 Å². The number of hydrogen-bond acceptors (Lipinski definition) is 6. The zero-order valence-corrected chi connectivity index (χ0v) is 22.8. The average Bonchev–Trinajstić information content (AvgIpc) is 2.96. The van der Waals surface area contributed by atoms with Crippen LogP contribution in [-0.4, -0.2) is 25.5 Å². The molecule has 204 valence electrons. The quantitative estimate of drug-likeness (QED) is 0.0809. The summed E-state index contributed by atoms with van der Waals surface area (Å²) in [7, 11) is 0. The Labute approximate surface area is 233 Å². The second-order valence-corrected chi connectivity index (χ2v) is 9.63. The van der Waals surface area contributed by atoms with E-state index in [2.05, 4.69) is 30.3 Å². The van der Waals surface area contributed by atoms with E-state index in [-0.39, 0.29) is 24.7 Å². The van der Waals surface area contributed by atoms with Gasteiger partial charge in [-0.2, -0.15) is 0 Å². The van der Waals surface area contributed by atoms with Crippen LogP contribution >= 0.6 is 0 Å². The summed E-state index contributed by atoms with van der Waals surface area (Å²) in [5, 5.41) is 5.87. The lowest BCUT2D eigenvalue weighted by Crippen LogP contribution is -2.16. The van der Waals surface area contributed by atoms with Crippen molar-refractivity contribution in [2.24, 2.45) is 0 Å². The highest BCUT2D eigenvalue weighted by atomic mass is 16.7. The minimum Gasteiger partial charge on any atom is -0.434 e. The Bertz CT molecular complexity index is 1670. The van der Waals surface area contributed by atoms with Crippen LogP contribution in [0.1, 0.15) is 39.5 Å². The summed E-state index contributed by atoms with van der Waals surface area (Å²) in [5.74, 6) is 0.189. The summed E-state index contributed by atoms with van der Waals surface area (Å²) in [5.41, 5.74) is 1.46. The Kier molecular flexibility index (Phi) is 8.45. The Hall–Kier alpha value is -4.58. The molecular formula is C34H32O6. The maximum atomic E-state index is 12.9. The van der Waals surface area contributed by atoms with Gasteiger partial charge in [0.2, 0.25) is 0 Å². The summed E-state index contributed by atoms with van der Waals surface area (Å²) >= 11 is 0. The van der Waals surface area contributed by atoms with Crippen molar-refractivity contribution in [1.29, 1.82) is 0 Å². The van der Waals surface area contributed by atoms with Crippen molar-refractivity contribution in [3.8, 4) is 22.6 Å². The first-order valence-corrected chi connectivity index (χ1v) is 13.8. The van der Waals surface area contributed by atoms with E-state index in [1.165, 1.54) is 0 Å². The van der Waals surface area contributed by atoms with Crippen LogP contribution in [0.3, 0.4) is 0 Å². The predicted molar refractivity (Wildman–Crippen MR) is 158 cm³/mol. The van der Waals surface area contributed by atoms with Gasteiger partial charge in [0, 0.05) is 5.56 Å². The van der Waals surface area contributed by atoms with Crippen molar-refractivity contribution < 1.29 is 28.5 Å². The van der Waals surface area contributed by atoms with Crippen LogP contribution in [0.2, 0.25) is 0 Å². The molecule has 0 radical (unpaired) electrons. The molecule has 5 rings (SSSR count). The fourth-order valence-corrected chi connectivity index (χ4v) is 4.76. The van der Waals surface area contributed by atoms with Crippen LogP contribution in [-0.2, 0) is 9.47 Å². The van der Waals surface area contributed by atoms with E-state index in [0.717, 1.165) is 57.1 Å². The van der Waals surface area contributed by atoms with Crippen molar-refractivity contribution >= 4 is 44.6 Å². The number of carbonyl (C=O) groups excluding carboxylic acids is 2. The molecule has 0 atom stereocenters. The molecule has 0 spiro atoms. The molecule has 40 heavy (non-hydrogen) atoms. The van der Waals surface area contributed by atoms with Gasteiger partial charge in [-0.1, -0.05) is 93.4 Å². The van der Waals surface area contributed by atoms with Crippen molar-refractivity contribution in [2.45, 2.75) is 39.5 Å². The monoisotopic (exact) mass is 536 g/mol. The highest BCUT2D eigenvalue weighted by molar-refractivity contribution is 6.12. The van der Waals surface area contributed by atoms with E-state index in [4.69, 9.17) is 18.9 Å². The molecule has 0 aliphatic heterocycles. The number of ether oxygens (including phenoxy) is 4. The molecule has 0 unspecified atom stereocenters. The Morgan fingerprint density at radius 2 is 1.18 bits per heavy atom. The van der Waals surface area contributed by atoms with Gasteiger partial charge >= 0.3 is 12.3 Å². The zero-order valence-electron chi connectivity index (χ0n) is 22.8. The lowest BCUT2D eigenvalue weighted by molar-refractivity contribution is 0.0883. The van der Waals surface area contributed by atoms with Crippen molar-refractivity contribution in [2.75, 3.05) is 13.2 Å². The predicted octanol–water partition coefficient (Wildman–Crippen LogP) is 9.44. The van der Waals surface area contributed by atoms with Crippen LogP contribution < -0.4 is 9.47 Å². The van der Waals surface area contributed by atoms with Gasteiger partial charge in [0.1, 0.15) is 0 Å². The van der Waals surface area contributed by atoms with E-state index in [1.54, 1.807) is 6.07 Å². The Morgan fingerprint density at radius 1 is 0.600 bits per heavy atom. The number of benzene rings is 5. The average molecular weight is 537 g/mol. The SMILES string of the molecule is CCCCOC(=O)Oc1cc2ccccc2c(-c2cccc3cc4ccccc4cc23)c1OC(=O)OCCCC. The van der Waals surface area contributed by atoms with E-state index >= 15 is 0 Å². The van der Waals surface area contributed by atoms with Gasteiger partial charge in [0.15, 0.2) is 11.5 Å². The standard InChI is InChI=1S/C34H32O6/c1-3-5-18-37-33(35)39-30-22-26-14-9-10-16-27(26)31(32(30)40-34(36)38-19-6-4-2)28-17-11-15-25-20-23-12-7-8-13-24(23)21-29(25)28/h7-17,20-22H,3-6,18-19H2,1-2H3. The summed E-state index contributed by atoms with van der Waals surface area (Å²) in [6.45, 7) is 4.49. The molecule has 6 heteroatoms. The van der Waals surface area contributed by atoms with E-state index < -0.39 is 12.3 Å². The van der Waals surface area contributed by atoms with Gasteiger partial charge in [0.05, 0.1) is 13.2 Å². The highest BCUT2D eigenvalue weighted by Gasteiger charge is 2.24. The molecule has 0 heterocycles. The minimum absolute atomic E-state index is 0.0837. The van der Waals surface area contributed by atoms with Gasteiger partial charge in [-0.25, -0.2) is 9.59 Å². The lowest BCUT2D eigenvalue weighted by atomic mass is 9.91. The maximum Gasteiger partial charge on any atom is 0.513 e. The van der Waals surface area contributed by atoms with Crippen molar-refractivity contribution in [1.82, 2.24) is 0 Å². The normalized spacial score (nSPS) is 11.1. The fraction of sp³-hybridized carbons (Fsp3) is 0.235. The Morgan fingerprint density at radius 3 is 1.88 bits per heavy atom. The molecule has 0 fully saturated rings. The molecule has 0 aliphatic rings. The molecule has 0 aliphatic carbocycles. The number of unbranched alkanes of at least 4 members (excludes halogenated alkanes) is 2. The third-order valence-electron chi connectivity index (χ3n) is 6.80. The van der Waals surface area contributed by atoms with E-state index in [0.29, 0.717) is 12.0 Å². The largest absolute Gasteiger partial charge is 0.513 e. The van der Waals surface area contributed by atoms with E-state index in [1.807, 2.05) is 62.4 Å². The molecule has 0 saturated carbocycles. The number of fused-ring (bicyclic) bond motifs is 3. The second-order valence-electron chi connectivity index (χ2n) is 9.63. The Balaban J connectivity index is 1.72. The molecule has 0 bridgehead atoms. The molecule has 0 amide bonds. The topological polar surface area (TPSA) is 71.1 Å². The van der Waals surface area contributed by atoms with Gasteiger partial charge in [-0.05, 0) is 68.9 Å². The van der Waals surface area contributed by atoms with Crippen LogP contribution in [0.25, 0.3) is 43.4 Å². The molecule has 5 aromatic rings. The minimum atomic E-state index is -0.861. The summed E-state index contributed by atoms with van der Waals surface area (Å²) in [4.78, 5) is 25.5. The highest BCUT2D eigenvalue weighted by Crippen LogP contribution is 2.47. The third-order valence-corrected chi connectivity index (χ3v) is 6.80. The smallest absolute Gasteiger partial charge is 0.434 e. The second kappa shape index (κ2) is 12.5. The summed E-state index contributed by atoms with van der Waals surface area (Å²) < 4.78 is 22.1. The third kappa shape index (κ3) is 5.86. The van der Waals surface area contributed by atoms with Gasteiger partial charge in [-0.15, -0.1) is 0 Å². The first-order valence-electron chi connectivity index (χ1n) is 13.8. The van der Waals surface area contributed by atoms with Crippen LogP contribution in [0, 0.1) is 0 Å². The number of hydrogen-bond donors (Lipinski definition) is 0. The summed E-state index contributed by atoms with van der Waals surface area (Å²) in [6, 6.07) is 27.9. The summed E-state index contributed by atoms with van der Waals surface area (Å²) in [6.07, 6.45) is 1.46. The van der Waals surface area contributed by atoms with Gasteiger partial charge in [-0.3, -0.25) is 0 Å². The zero-order chi connectivity index (χ0) is 27.9. The molecule has 0 N–H and O–H groups in total. The lowest BCUT2D eigenvalue weighted by Gasteiger charge is -2.19. The van der Waals surface area contributed by atoms with Gasteiger partial charge in [0.25, 0.3) is 0 Å². The van der Waals surface area contributed by atoms with Crippen molar-refractivity contribution in [3.05, 3.63) is 84.9 Å². The number of rotatable bonds is 9. The number of carbonyl (C=O) groups is 2. The first kappa shape index (κ1) is 27.0. The fourth-order valence-electron chi connectivity index (χ4n) is 4.76. The molecular weight excluding hydrogens is 504 g/mol. The van der Waals surface area contributed by atoms with Gasteiger partial charge < -0.3 is 18.9 Å². The maximum absolute atomic E-state index is 12.9. The van der Waals surface area contributed by atoms with Crippen LogP contribution in [0.15, 0.2) is 84.9 Å². The van der Waals surface area contributed by atoms with Crippen LogP contribution in [0.4, 0.5) is 9.59 Å². The molecule has 6 nitrogen and oxygen atoms in total. The van der Waals surface area contributed by atoms with Crippen molar-refractivity contribution in [3.63, 3.8) is 0 Å². The first-order chi connectivity index (χ1) is 19.6. The van der Waals surface area contributed by atoms with Crippen LogP contribution in [0.5, 0.6) is 11.5 Å².